The molecule has 1 heterocycles. The molecule has 0 saturated heterocycles. The molecule has 5 nitrogen and oxygen atoms in total. The summed E-state index contributed by atoms with van der Waals surface area (Å²) >= 11 is 0. The van der Waals surface area contributed by atoms with Gasteiger partial charge in [0.05, 0.1) is 7.11 Å². The minimum Gasteiger partial charge on any atom is -0.497 e. The Bertz CT molecular complexity index is 599. The molecule has 0 spiro atoms. The Balaban J connectivity index is 2.29. The molecule has 0 fully saturated rings. The van der Waals surface area contributed by atoms with Crippen molar-refractivity contribution in [3.05, 3.63) is 36.2 Å². The van der Waals surface area contributed by atoms with E-state index < -0.39 is 0 Å². The Morgan fingerprint density at radius 3 is 2.57 bits per heavy atom. The van der Waals surface area contributed by atoms with E-state index in [2.05, 4.69) is 34.4 Å². The molecule has 112 valence electrons. The lowest BCUT2D eigenvalue weighted by molar-refractivity contribution is 0.415. The standard InChI is InChI=1S/C16H22N4O/c1-5-17-14-10-15(20-16(19-14)11(2)3)18-12-7-6-8-13(9-12)21-4/h6-11H,5H2,1-4H3,(H2,17,18,19,20). The zero-order chi connectivity index (χ0) is 15.2. The summed E-state index contributed by atoms with van der Waals surface area (Å²) in [6.07, 6.45) is 0. The zero-order valence-corrected chi connectivity index (χ0v) is 13.0. The van der Waals surface area contributed by atoms with Gasteiger partial charge in [0.15, 0.2) is 0 Å². The van der Waals surface area contributed by atoms with Crippen molar-refractivity contribution in [2.24, 2.45) is 0 Å². The SMILES string of the molecule is CCNc1cc(Nc2cccc(OC)c2)nc(C(C)C)n1. The van der Waals surface area contributed by atoms with Crippen molar-refractivity contribution in [2.45, 2.75) is 26.7 Å². The molecular formula is C16H22N4O. The van der Waals surface area contributed by atoms with Gasteiger partial charge in [-0.2, -0.15) is 0 Å². The second-order valence-electron chi connectivity index (χ2n) is 5.04. The fourth-order valence-corrected chi connectivity index (χ4v) is 1.91. The van der Waals surface area contributed by atoms with Crippen molar-refractivity contribution in [3.63, 3.8) is 0 Å². The Labute approximate surface area is 125 Å². The Hall–Kier alpha value is -2.30. The molecule has 2 N–H and O–H groups in total. The predicted octanol–water partition coefficient (Wildman–Crippen LogP) is 3.78. The molecule has 0 aliphatic rings. The van der Waals surface area contributed by atoms with E-state index in [-0.39, 0.29) is 5.92 Å². The summed E-state index contributed by atoms with van der Waals surface area (Å²) in [4.78, 5) is 9.07. The van der Waals surface area contributed by atoms with E-state index in [0.29, 0.717) is 0 Å². The van der Waals surface area contributed by atoms with Crippen LogP contribution in [0.25, 0.3) is 0 Å². The summed E-state index contributed by atoms with van der Waals surface area (Å²) in [6, 6.07) is 9.68. The van der Waals surface area contributed by atoms with E-state index in [0.717, 1.165) is 35.4 Å². The molecule has 0 unspecified atom stereocenters. The maximum Gasteiger partial charge on any atom is 0.136 e. The van der Waals surface area contributed by atoms with Crippen LogP contribution in [0.4, 0.5) is 17.3 Å². The van der Waals surface area contributed by atoms with Crippen molar-refractivity contribution in [2.75, 3.05) is 24.3 Å². The van der Waals surface area contributed by atoms with Gasteiger partial charge in [-0.25, -0.2) is 9.97 Å². The van der Waals surface area contributed by atoms with Crippen LogP contribution in [-0.2, 0) is 0 Å². The Morgan fingerprint density at radius 2 is 1.90 bits per heavy atom. The first-order valence-corrected chi connectivity index (χ1v) is 7.16. The van der Waals surface area contributed by atoms with Crippen LogP contribution in [-0.4, -0.2) is 23.6 Å². The third-order valence-corrected chi connectivity index (χ3v) is 2.96. The van der Waals surface area contributed by atoms with Crippen LogP contribution in [0.1, 0.15) is 32.5 Å². The number of methoxy groups -OCH3 is 1. The molecule has 0 aliphatic carbocycles. The van der Waals surface area contributed by atoms with Crippen molar-refractivity contribution in [1.29, 1.82) is 0 Å². The molecular weight excluding hydrogens is 264 g/mol. The number of aromatic nitrogens is 2. The summed E-state index contributed by atoms with van der Waals surface area (Å²) in [5.41, 5.74) is 0.935. The van der Waals surface area contributed by atoms with Gasteiger partial charge in [-0.05, 0) is 19.1 Å². The molecule has 0 radical (unpaired) electrons. The summed E-state index contributed by atoms with van der Waals surface area (Å²) in [6.45, 7) is 7.04. The van der Waals surface area contributed by atoms with Crippen LogP contribution in [0.2, 0.25) is 0 Å². The fourth-order valence-electron chi connectivity index (χ4n) is 1.91. The first-order chi connectivity index (χ1) is 10.1. The smallest absolute Gasteiger partial charge is 0.136 e. The largest absolute Gasteiger partial charge is 0.497 e. The van der Waals surface area contributed by atoms with Gasteiger partial charge < -0.3 is 15.4 Å². The van der Waals surface area contributed by atoms with Gasteiger partial charge in [-0.1, -0.05) is 19.9 Å². The molecule has 2 aromatic rings. The monoisotopic (exact) mass is 286 g/mol. The molecule has 2 rings (SSSR count). The summed E-state index contributed by atoms with van der Waals surface area (Å²) in [5, 5.41) is 6.54. The highest BCUT2D eigenvalue weighted by molar-refractivity contribution is 5.60. The topological polar surface area (TPSA) is 59.1 Å². The number of hydrogen-bond acceptors (Lipinski definition) is 5. The number of nitrogens with one attached hydrogen (secondary N) is 2. The maximum atomic E-state index is 5.23. The highest BCUT2D eigenvalue weighted by Crippen LogP contribution is 2.23. The molecule has 0 aliphatic heterocycles. The number of anilines is 3. The van der Waals surface area contributed by atoms with Crippen molar-refractivity contribution < 1.29 is 4.74 Å². The van der Waals surface area contributed by atoms with E-state index in [1.165, 1.54) is 0 Å². The van der Waals surface area contributed by atoms with Crippen LogP contribution in [0.3, 0.4) is 0 Å². The van der Waals surface area contributed by atoms with E-state index in [1.54, 1.807) is 7.11 Å². The Kier molecular flexibility index (Phi) is 4.98. The first kappa shape index (κ1) is 15.1. The number of rotatable bonds is 6. The summed E-state index contributed by atoms with van der Waals surface area (Å²) in [7, 11) is 1.66. The number of ether oxygens (including phenoxy) is 1. The van der Waals surface area contributed by atoms with Crippen LogP contribution in [0.15, 0.2) is 30.3 Å². The molecule has 0 saturated carbocycles. The number of hydrogen-bond donors (Lipinski definition) is 2. The second-order valence-corrected chi connectivity index (χ2v) is 5.04. The minimum atomic E-state index is 0.273. The molecule has 0 bridgehead atoms. The summed E-state index contributed by atoms with van der Waals surface area (Å²) in [5.74, 6) is 3.51. The van der Waals surface area contributed by atoms with Crippen LogP contribution in [0, 0.1) is 0 Å². The maximum absolute atomic E-state index is 5.23. The highest BCUT2D eigenvalue weighted by atomic mass is 16.5. The normalized spacial score (nSPS) is 10.5. The van der Waals surface area contributed by atoms with Gasteiger partial charge in [0, 0.05) is 30.3 Å². The van der Waals surface area contributed by atoms with Crippen molar-refractivity contribution in [1.82, 2.24) is 9.97 Å². The lowest BCUT2D eigenvalue weighted by Gasteiger charge is -2.12. The van der Waals surface area contributed by atoms with E-state index in [9.17, 15) is 0 Å². The lowest BCUT2D eigenvalue weighted by Crippen LogP contribution is -2.07. The molecule has 1 aromatic carbocycles. The van der Waals surface area contributed by atoms with Gasteiger partial charge in [-0.15, -0.1) is 0 Å². The molecule has 5 heteroatoms. The van der Waals surface area contributed by atoms with E-state index in [1.807, 2.05) is 37.3 Å². The van der Waals surface area contributed by atoms with Gasteiger partial charge in [0.1, 0.15) is 23.2 Å². The van der Waals surface area contributed by atoms with Crippen LogP contribution < -0.4 is 15.4 Å². The first-order valence-electron chi connectivity index (χ1n) is 7.16. The van der Waals surface area contributed by atoms with Crippen LogP contribution >= 0.6 is 0 Å². The van der Waals surface area contributed by atoms with Crippen LogP contribution in [0.5, 0.6) is 5.75 Å². The lowest BCUT2D eigenvalue weighted by atomic mass is 10.2. The number of nitrogens with zero attached hydrogens (tertiary/aromatic N) is 2. The highest BCUT2D eigenvalue weighted by Gasteiger charge is 2.08. The fraction of sp³-hybridized carbons (Fsp3) is 0.375. The van der Waals surface area contributed by atoms with Crippen molar-refractivity contribution in [3.8, 4) is 5.75 Å². The van der Waals surface area contributed by atoms with Gasteiger partial charge in [0.2, 0.25) is 0 Å². The quantitative estimate of drug-likeness (QED) is 0.846. The minimum absolute atomic E-state index is 0.273. The average Bonchev–Trinajstić information content (AvgIpc) is 2.47. The predicted molar refractivity (Wildman–Crippen MR) is 86.6 cm³/mol. The van der Waals surface area contributed by atoms with Gasteiger partial charge in [0.25, 0.3) is 0 Å². The molecule has 0 amide bonds. The van der Waals surface area contributed by atoms with Crippen molar-refractivity contribution >= 4 is 17.3 Å². The molecule has 21 heavy (non-hydrogen) atoms. The van der Waals surface area contributed by atoms with Gasteiger partial charge >= 0.3 is 0 Å². The average molecular weight is 286 g/mol. The zero-order valence-electron chi connectivity index (χ0n) is 13.0. The van der Waals surface area contributed by atoms with E-state index in [4.69, 9.17) is 4.74 Å². The number of benzene rings is 1. The molecule has 0 atom stereocenters. The Morgan fingerprint density at radius 1 is 1.14 bits per heavy atom. The van der Waals surface area contributed by atoms with Gasteiger partial charge in [-0.3, -0.25) is 0 Å². The third-order valence-electron chi connectivity index (χ3n) is 2.96. The second kappa shape index (κ2) is 6.92. The van der Waals surface area contributed by atoms with E-state index >= 15 is 0 Å². The summed E-state index contributed by atoms with van der Waals surface area (Å²) < 4.78 is 5.23. The molecule has 1 aromatic heterocycles. The third kappa shape index (κ3) is 4.08.